The summed E-state index contributed by atoms with van der Waals surface area (Å²) in [6.07, 6.45) is 9.96. The number of aliphatic imine (C=N–C) groups is 1. The van der Waals surface area contributed by atoms with E-state index >= 15 is 0 Å². The van der Waals surface area contributed by atoms with Crippen molar-refractivity contribution in [2.45, 2.75) is 32.0 Å². The molecule has 1 unspecified atom stereocenters. The molecule has 1 N–H and O–H groups in total. The van der Waals surface area contributed by atoms with E-state index in [0.717, 1.165) is 49.8 Å². The number of ether oxygens (including phenoxy) is 1. The minimum absolute atomic E-state index is 0.000901. The molecule has 164 valence electrons. The molecular formula is C23H31N7O. The molecule has 4 rings (SSSR count). The number of hydrogen-bond donors (Lipinski definition) is 1. The Balaban J connectivity index is 1.30. The quantitative estimate of drug-likeness (QED) is 0.469. The third kappa shape index (κ3) is 5.52. The average molecular weight is 422 g/mol. The van der Waals surface area contributed by atoms with Crippen LogP contribution in [0.5, 0.6) is 0 Å². The first-order valence-electron chi connectivity index (χ1n) is 10.8. The Morgan fingerprint density at radius 3 is 2.94 bits per heavy atom. The van der Waals surface area contributed by atoms with Gasteiger partial charge in [0.25, 0.3) is 0 Å². The standard InChI is InChI=1S/C23H31N7O/c1-24-23(30-13-14-31-21(18-30)20-15-27-28(2)17-20)26-16-22-25-10-12-29(22)11-6-9-19-7-4-3-5-8-19/h3-5,7-8,10,12,15,17,21H,6,9,11,13-14,16,18H2,1-2H3,(H,24,26). The Hall–Kier alpha value is -3.13. The number of imidazole rings is 1. The second-order valence-corrected chi connectivity index (χ2v) is 7.78. The molecule has 8 nitrogen and oxygen atoms in total. The smallest absolute Gasteiger partial charge is 0.194 e. The van der Waals surface area contributed by atoms with Crippen molar-refractivity contribution >= 4 is 5.96 Å². The van der Waals surface area contributed by atoms with Gasteiger partial charge in [-0.3, -0.25) is 9.67 Å². The second kappa shape index (κ2) is 10.3. The van der Waals surface area contributed by atoms with E-state index in [9.17, 15) is 0 Å². The first kappa shape index (κ1) is 21.1. The lowest BCUT2D eigenvalue weighted by Crippen LogP contribution is -2.48. The van der Waals surface area contributed by atoms with Gasteiger partial charge in [0.15, 0.2) is 5.96 Å². The Bertz CT molecular complexity index is 979. The second-order valence-electron chi connectivity index (χ2n) is 7.78. The molecule has 0 aliphatic carbocycles. The molecule has 1 aromatic carbocycles. The number of nitrogens with zero attached hydrogens (tertiary/aromatic N) is 6. The van der Waals surface area contributed by atoms with Gasteiger partial charge in [0.1, 0.15) is 11.9 Å². The number of aromatic nitrogens is 4. The van der Waals surface area contributed by atoms with Crippen LogP contribution in [0.1, 0.15) is 29.5 Å². The number of rotatable bonds is 7. The molecule has 1 saturated heterocycles. The number of guanidine groups is 1. The molecule has 8 heteroatoms. The first-order chi connectivity index (χ1) is 15.2. The Morgan fingerprint density at radius 2 is 2.16 bits per heavy atom. The summed E-state index contributed by atoms with van der Waals surface area (Å²) < 4.78 is 9.99. The summed E-state index contributed by atoms with van der Waals surface area (Å²) in [5.74, 6) is 1.89. The van der Waals surface area contributed by atoms with Crippen molar-refractivity contribution in [1.29, 1.82) is 0 Å². The highest BCUT2D eigenvalue weighted by atomic mass is 16.5. The number of hydrogen-bond acceptors (Lipinski definition) is 4. The predicted molar refractivity (Wildman–Crippen MR) is 121 cm³/mol. The van der Waals surface area contributed by atoms with Crippen molar-refractivity contribution in [3.8, 4) is 0 Å². The summed E-state index contributed by atoms with van der Waals surface area (Å²) in [7, 11) is 3.75. The highest BCUT2D eigenvalue weighted by Gasteiger charge is 2.25. The van der Waals surface area contributed by atoms with Crippen LogP contribution in [-0.2, 0) is 31.3 Å². The average Bonchev–Trinajstić information content (AvgIpc) is 3.44. The molecule has 0 radical (unpaired) electrons. The maximum atomic E-state index is 5.96. The Kier molecular flexibility index (Phi) is 6.99. The molecule has 3 heterocycles. The van der Waals surface area contributed by atoms with E-state index in [4.69, 9.17) is 4.74 Å². The van der Waals surface area contributed by atoms with E-state index < -0.39 is 0 Å². The number of morpholine rings is 1. The minimum Gasteiger partial charge on any atom is -0.370 e. The molecular weight excluding hydrogens is 390 g/mol. The van der Waals surface area contributed by atoms with Crippen molar-refractivity contribution in [1.82, 2.24) is 29.5 Å². The van der Waals surface area contributed by atoms with Crippen LogP contribution in [0.3, 0.4) is 0 Å². The predicted octanol–water partition coefficient (Wildman–Crippen LogP) is 2.40. The highest BCUT2D eigenvalue weighted by Crippen LogP contribution is 2.21. The number of benzene rings is 1. The molecule has 0 saturated carbocycles. The van der Waals surface area contributed by atoms with Crippen molar-refractivity contribution in [2.24, 2.45) is 12.0 Å². The van der Waals surface area contributed by atoms with Gasteiger partial charge < -0.3 is 19.5 Å². The maximum absolute atomic E-state index is 5.96. The van der Waals surface area contributed by atoms with Crippen molar-refractivity contribution in [2.75, 3.05) is 26.7 Å². The van der Waals surface area contributed by atoms with Gasteiger partial charge in [-0.2, -0.15) is 5.10 Å². The number of nitrogens with one attached hydrogen (secondary N) is 1. The monoisotopic (exact) mass is 421 g/mol. The third-order valence-electron chi connectivity index (χ3n) is 5.59. The van der Waals surface area contributed by atoms with E-state index in [2.05, 4.69) is 66.4 Å². The molecule has 0 bridgehead atoms. The van der Waals surface area contributed by atoms with Crippen LogP contribution in [0, 0.1) is 0 Å². The van der Waals surface area contributed by atoms with Gasteiger partial charge in [0, 0.05) is 51.3 Å². The van der Waals surface area contributed by atoms with E-state index in [0.29, 0.717) is 13.2 Å². The molecule has 1 aliphatic heterocycles. The van der Waals surface area contributed by atoms with Gasteiger partial charge in [-0.15, -0.1) is 0 Å². The summed E-state index contributed by atoms with van der Waals surface area (Å²) in [5, 5.41) is 7.75. The van der Waals surface area contributed by atoms with E-state index in [1.165, 1.54) is 5.56 Å². The normalized spacial score (nSPS) is 17.2. The Morgan fingerprint density at radius 1 is 1.29 bits per heavy atom. The van der Waals surface area contributed by atoms with Crippen LogP contribution < -0.4 is 5.32 Å². The van der Waals surface area contributed by atoms with Crippen LogP contribution >= 0.6 is 0 Å². The zero-order valence-electron chi connectivity index (χ0n) is 18.3. The molecule has 0 amide bonds. The third-order valence-corrected chi connectivity index (χ3v) is 5.59. The molecule has 2 aromatic heterocycles. The topological polar surface area (TPSA) is 72.5 Å². The van der Waals surface area contributed by atoms with Gasteiger partial charge in [-0.05, 0) is 18.4 Å². The summed E-state index contributed by atoms with van der Waals surface area (Å²) in [6, 6.07) is 10.6. The van der Waals surface area contributed by atoms with Gasteiger partial charge in [0.05, 0.1) is 25.9 Å². The van der Waals surface area contributed by atoms with Gasteiger partial charge in [-0.1, -0.05) is 30.3 Å². The molecule has 31 heavy (non-hydrogen) atoms. The first-order valence-corrected chi connectivity index (χ1v) is 10.8. The van der Waals surface area contributed by atoms with Gasteiger partial charge >= 0.3 is 0 Å². The minimum atomic E-state index is 0.000901. The van der Waals surface area contributed by atoms with Crippen LogP contribution in [0.15, 0.2) is 60.1 Å². The fourth-order valence-corrected chi connectivity index (χ4v) is 3.95. The van der Waals surface area contributed by atoms with Crippen LogP contribution in [0.4, 0.5) is 0 Å². The van der Waals surface area contributed by atoms with Crippen molar-refractivity contribution in [3.05, 3.63) is 72.1 Å². The lowest BCUT2D eigenvalue weighted by Gasteiger charge is -2.34. The SMILES string of the molecule is CN=C(NCc1nccn1CCCc1ccccc1)N1CCOC(c2cnn(C)c2)C1. The molecule has 1 aliphatic rings. The molecule has 0 spiro atoms. The molecule has 1 atom stereocenters. The zero-order chi connectivity index (χ0) is 21.5. The summed E-state index contributed by atoms with van der Waals surface area (Å²) in [6.45, 7) is 3.80. The maximum Gasteiger partial charge on any atom is 0.194 e. The Labute approximate surface area is 183 Å². The lowest BCUT2D eigenvalue weighted by molar-refractivity contribution is -0.00806. The van der Waals surface area contributed by atoms with E-state index in [1.54, 1.807) is 0 Å². The fourth-order valence-electron chi connectivity index (χ4n) is 3.95. The zero-order valence-corrected chi connectivity index (χ0v) is 18.3. The summed E-state index contributed by atoms with van der Waals surface area (Å²) in [5.41, 5.74) is 2.47. The number of aryl methyl sites for hydroxylation is 3. The summed E-state index contributed by atoms with van der Waals surface area (Å²) >= 11 is 0. The largest absolute Gasteiger partial charge is 0.370 e. The van der Waals surface area contributed by atoms with Crippen LogP contribution in [0.2, 0.25) is 0 Å². The van der Waals surface area contributed by atoms with Gasteiger partial charge in [-0.25, -0.2) is 4.98 Å². The highest BCUT2D eigenvalue weighted by molar-refractivity contribution is 5.79. The van der Waals surface area contributed by atoms with E-state index in [1.807, 2.05) is 37.4 Å². The van der Waals surface area contributed by atoms with Crippen LogP contribution in [0.25, 0.3) is 0 Å². The molecule has 3 aromatic rings. The van der Waals surface area contributed by atoms with Crippen molar-refractivity contribution in [3.63, 3.8) is 0 Å². The van der Waals surface area contributed by atoms with Crippen LogP contribution in [-0.4, -0.2) is 56.9 Å². The van der Waals surface area contributed by atoms with E-state index in [-0.39, 0.29) is 6.10 Å². The fraction of sp³-hybridized carbons (Fsp3) is 0.435. The lowest BCUT2D eigenvalue weighted by atomic mass is 10.1. The summed E-state index contributed by atoms with van der Waals surface area (Å²) in [4.78, 5) is 11.3. The van der Waals surface area contributed by atoms with Gasteiger partial charge in [0.2, 0.25) is 0 Å². The van der Waals surface area contributed by atoms with Crippen molar-refractivity contribution < 1.29 is 4.74 Å². The molecule has 1 fully saturated rings.